The number of para-hydroxylation sites is 1. The van der Waals surface area contributed by atoms with Gasteiger partial charge in [-0.25, -0.2) is 0 Å². The van der Waals surface area contributed by atoms with Crippen LogP contribution in [-0.4, -0.2) is 56.1 Å². The normalized spacial score (nSPS) is 14.5. The van der Waals surface area contributed by atoms with Crippen LogP contribution in [0.25, 0.3) is 0 Å². The molecule has 2 N–H and O–H groups in total. The predicted molar refractivity (Wildman–Crippen MR) is 85.0 cm³/mol. The second kappa shape index (κ2) is 8.38. The lowest BCUT2D eigenvalue weighted by atomic mass is 10.1. The van der Waals surface area contributed by atoms with Gasteiger partial charge in [0.05, 0.1) is 25.3 Å². The van der Waals surface area contributed by atoms with Gasteiger partial charge in [0.1, 0.15) is 0 Å². The molecular formula is C16H23N3O3. The number of carbonyl (C=O) groups excluding carboxylic acids is 2. The highest BCUT2D eigenvalue weighted by molar-refractivity contribution is 6.00. The van der Waals surface area contributed by atoms with Crippen molar-refractivity contribution in [2.24, 2.45) is 0 Å². The zero-order valence-corrected chi connectivity index (χ0v) is 12.9. The van der Waals surface area contributed by atoms with Crippen molar-refractivity contribution in [2.75, 3.05) is 44.7 Å². The van der Waals surface area contributed by atoms with Crippen LogP contribution in [0.5, 0.6) is 0 Å². The molecule has 1 aromatic rings. The molecule has 22 heavy (non-hydrogen) atoms. The minimum atomic E-state index is -0.0736. The smallest absolute Gasteiger partial charge is 0.256 e. The fourth-order valence-corrected chi connectivity index (χ4v) is 2.26. The molecule has 0 aromatic heterocycles. The van der Waals surface area contributed by atoms with Crippen LogP contribution in [0.4, 0.5) is 5.69 Å². The molecule has 2 amide bonds. The van der Waals surface area contributed by atoms with E-state index in [2.05, 4.69) is 10.6 Å². The van der Waals surface area contributed by atoms with E-state index in [0.717, 1.165) is 6.42 Å². The minimum absolute atomic E-state index is 0.0274. The average Bonchev–Trinajstić information content (AvgIpc) is 2.58. The topological polar surface area (TPSA) is 70.7 Å². The second-order valence-corrected chi connectivity index (χ2v) is 5.15. The largest absolute Gasteiger partial charge is 0.378 e. The molecule has 0 radical (unpaired) electrons. The molecule has 0 atom stereocenters. The van der Waals surface area contributed by atoms with Crippen LogP contribution in [0.1, 0.15) is 23.7 Å². The molecule has 1 fully saturated rings. The van der Waals surface area contributed by atoms with Crippen molar-refractivity contribution in [3.63, 3.8) is 0 Å². The number of hydrogen-bond acceptors (Lipinski definition) is 4. The fourth-order valence-electron chi connectivity index (χ4n) is 2.26. The quantitative estimate of drug-likeness (QED) is 0.825. The van der Waals surface area contributed by atoms with Gasteiger partial charge in [-0.1, -0.05) is 19.1 Å². The van der Waals surface area contributed by atoms with Crippen molar-refractivity contribution < 1.29 is 14.3 Å². The molecule has 0 saturated carbocycles. The Kier molecular flexibility index (Phi) is 6.21. The third kappa shape index (κ3) is 4.46. The van der Waals surface area contributed by atoms with E-state index in [9.17, 15) is 9.59 Å². The molecule has 0 bridgehead atoms. The first kappa shape index (κ1) is 16.3. The van der Waals surface area contributed by atoms with Crippen LogP contribution in [0.3, 0.4) is 0 Å². The highest BCUT2D eigenvalue weighted by atomic mass is 16.5. The Hall–Kier alpha value is -2.08. The van der Waals surface area contributed by atoms with Gasteiger partial charge in [0.2, 0.25) is 5.91 Å². The van der Waals surface area contributed by atoms with Crippen LogP contribution in [0.2, 0.25) is 0 Å². The Bertz CT molecular complexity index is 513. The van der Waals surface area contributed by atoms with E-state index in [4.69, 9.17) is 4.74 Å². The van der Waals surface area contributed by atoms with E-state index in [1.54, 1.807) is 11.0 Å². The number of rotatable bonds is 6. The molecular weight excluding hydrogens is 282 g/mol. The number of ether oxygens (including phenoxy) is 1. The van der Waals surface area contributed by atoms with Gasteiger partial charge in [-0.15, -0.1) is 0 Å². The molecule has 1 aliphatic rings. The maximum atomic E-state index is 12.6. The average molecular weight is 305 g/mol. The monoisotopic (exact) mass is 305 g/mol. The third-order valence-electron chi connectivity index (χ3n) is 3.47. The Labute approximate surface area is 130 Å². The standard InChI is InChI=1S/C16H23N3O3/c1-2-7-17-15(20)12-18-14-6-4-3-5-13(14)16(21)19-8-10-22-11-9-19/h3-6,18H,2,7-12H2,1H3,(H,17,20). The number of amides is 2. The molecule has 0 aliphatic carbocycles. The molecule has 2 rings (SSSR count). The van der Waals surface area contributed by atoms with E-state index in [-0.39, 0.29) is 18.4 Å². The van der Waals surface area contributed by atoms with Crippen molar-refractivity contribution in [1.29, 1.82) is 0 Å². The summed E-state index contributed by atoms with van der Waals surface area (Å²) in [5.74, 6) is -0.101. The fraction of sp³-hybridized carbons (Fsp3) is 0.500. The summed E-state index contributed by atoms with van der Waals surface area (Å²) >= 11 is 0. The first-order valence-electron chi connectivity index (χ1n) is 7.69. The van der Waals surface area contributed by atoms with Gasteiger partial charge >= 0.3 is 0 Å². The van der Waals surface area contributed by atoms with Crippen molar-refractivity contribution in [3.8, 4) is 0 Å². The number of benzene rings is 1. The van der Waals surface area contributed by atoms with Gasteiger partial charge in [0.15, 0.2) is 0 Å². The molecule has 1 heterocycles. The lowest BCUT2D eigenvalue weighted by Gasteiger charge is -2.27. The lowest BCUT2D eigenvalue weighted by molar-refractivity contribution is -0.119. The first-order chi connectivity index (χ1) is 10.7. The number of morpholine rings is 1. The minimum Gasteiger partial charge on any atom is -0.378 e. The van der Waals surface area contributed by atoms with E-state index >= 15 is 0 Å². The summed E-state index contributed by atoms with van der Waals surface area (Å²) in [6, 6.07) is 7.28. The highest BCUT2D eigenvalue weighted by Gasteiger charge is 2.20. The first-order valence-corrected chi connectivity index (χ1v) is 7.69. The maximum Gasteiger partial charge on any atom is 0.256 e. The number of nitrogens with zero attached hydrogens (tertiary/aromatic N) is 1. The molecule has 1 aliphatic heterocycles. The van der Waals surface area contributed by atoms with Gasteiger partial charge in [-0.05, 0) is 18.6 Å². The number of carbonyl (C=O) groups is 2. The van der Waals surface area contributed by atoms with Crippen LogP contribution >= 0.6 is 0 Å². The Morgan fingerprint density at radius 1 is 1.23 bits per heavy atom. The van der Waals surface area contributed by atoms with Crippen molar-refractivity contribution in [1.82, 2.24) is 10.2 Å². The molecule has 6 heteroatoms. The van der Waals surface area contributed by atoms with Gasteiger partial charge < -0.3 is 20.3 Å². The zero-order valence-electron chi connectivity index (χ0n) is 12.9. The summed E-state index contributed by atoms with van der Waals surface area (Å²) in [7, 11) is 0. The predicted octanol–water partition coefficient (Wildman–Crippen LogP) is 1.10. The molecule has 1 saturated heterocycles. The third-order valence-corrected chi connectivity index (χ3v) is 3.47. The lowest BCUT2D eigenvalue weighted by Crippen LogP contribution is -2.41. The number of nitrogens with one attached hydrogen (secondary N) is 2. The maximum absolute atomic E-state index is 12.6. The van der Waals surface area contributed by atoms with Gasteiger partial charge in [0.25, 0.3) is 5.91 Å². The van der Waals surface area contributed by atoms with Crippen molar-refractivity contribution >= 4 is 17.5 Å². The zero-order chi connectivity index (χ0) is 15.8. The van der Waals surface area contributed by atoms with E-state index in [1.165, 1.54) is 0 Å². The molecule has 6 nitrogen and oxygen atoms in total. The Balaban J connectivity index is 1.99. The summed E-state index contributed by atoms with van der Waals surface area (Å²) in [6.45, 7) is 5.17. The van der Waals surface area contributed by atoms with Crippen molar-refractivity contribution in [2.45, 2.75) is 13.3 Å². The Morgan fingerprint density at radius 2 is 1.95 bits per heavy atom. The van der Waals surface area contributed by atoms with Crippen molar-refractivity contribution in [3.05, 3.63) is 29.8 Å². The Morgan fingerprint density at radius 3 is 2.68 bits per heavy atom. The summed E-state index contributed by atoms with van der Waals surface area (Å²) in [5.41, 5.74) is 1.28. The van der Waals surface area contributed by atoms with Crippen LogP contribution in [0.15, 0.2) is 24.3 Å². The van der Waals surface area contributed by atoms with E-state index in [1.807, 2.05) is 25.1 Å². The van der Waals surface area contributed by atoms with Gasteiger partial charge in [0, 0.05) is 25.3 Å². The summed E-state index contributed by atoms with van der Waals surface area (Å²) in [4.78, 5) is 26.0. The van der Waals surface area contributed by atoms with Crippen LogP contribution in [0, 0.1) is 0 Å². The molecule has 0 spiro atoms. The summed E-state index contributed by atoms with van der Waals surface area (Å²) in [6.07, 6.45) is 0.901. The summed E-state index contributed by atoms with van der Waals surface area (Å²) < 4.78 is 5.27. The molecule has 120 valence electrons. The van der Waals surface area contributed by atoms with Gasteiger partial charge in [-0.2, -0.15) is 0 Å². The number of anilines is 1. The van der Waals surface area contributed by atoms with E-state index < -0.39 is 0 Å². The summed E-state index contributed by atoms with van der Waals surface area (Å²) in [5, 5.41) is 5.85. The van der Waals surface area contributed by atoms with E-state index in [0.29, 0.717) is 44.1 Å². The molecule has 1 aromatic carbocycles. The second-order valence-electron chi connectivity index (χ2n) is 5.15. The number of hydrogen-bond donors (Lipinski definition) is 2. The van der Waals surface area contributed by atoms with Crippen LogP contribution < -0.4 is 10.6 Å². The van der Waals surface area contributed by atoms with Gasteiger partial charge in [-0.3, -0.25) is 9.59 Å². The van der Waals surface area contributed by atoms with Crippen LogP contribution in [-0.2, 0) is 9.53 Å². The molecule has 0 unspecified atom stereocenters. The highest BCUT2D eigenvalue weighted by Crippen LogP contribution is 2.17. The SMILES string of the molecule is CCCNC(=O)CNc1ccccc1C(=O)N1CCOCC1.